The quantitative estimate of drug-likeness (QED) is 0.898. The number of rotatable bonds is 3. The zero-order valence-electron chi connectivity index (χ0n) is 11.2. The maximum absolute atomic E-state index is 5.80. The molecule has 3 rings (SSSR count). The Balaban J connectivity index is 1.89. The molecular weight excluding hydrogens is 256 g/mol. The zero-order chi connectivity index (χ0) is 13.2. The van der Waals surface area contributed by atoms with Gasteiger partial charge in [0.2, 0.25) is 5.95 Å². The number of hydrogen-bond acceptors (Lipinski definition) is 5. The van der Waals surface area contributed by atoms with E-state index in [0.29, 0.717) is 12.0 Å². The molecule has 1 fully saturated rings. The number of thiophene rings is 1. The minimum Gasteiger partial charge on any atom is -0.368 e. The van der Waals surface area contributed by atoms with Gasteiger partial charge < -0.3 is 11.1 Å². The van der Waals surface area contributed by atoms with Gasteiger partial charge in [0.25, 0.3) is 0 Å². The number of aromatic nitrogens is 2. The molecule has 0 aliphatic heterocycles. The first-order valence-corrected chi connectivity index (χ1v) is 7.93. The van der Waals surface area contributed by atoms with E-state index in [4.69, 9.17) is 5.73 Å². The number of nitrogen functional groups attached to an aromatic ring is 1. The number of fused-ring (bicyclic) bond motifs is 1. The molecule has 0 saturated heterocycles. The summed E-state index contributed by atoms with van der Waals surface area (Å²) in [5.74, 6) is 2.02. The molecule has 2 atom stereocenters. The van der Waals surface area contributed by atoms with Crippen LogP contribution in [0, 0.1) is 5.92 Å². The number of nitrogens with one attached hydrogen (secondary N) is 1. The fraction of sp³-hybridized carbons (Fsp3) is 0.571. The van der Waals surface area contributed by atoms with Crippen molar-refractivity contribution in [3.8, 4) is 0 Å². The molecule has 1 aliphatic rings. The van der Waals surface area contributed by atoms with Gasteiger partial charge in [-0.2, -0.15) is 4.98 Å². The topological polar surface area (TPSA) is 63.8 Å². The lowest BCUT2D eigenvalue weighted by molar-refractivity contribution is 0.317. The maximum atomic E-state index is 5.80. The highest BCUT2D eigenvalue weighted by Crippen LogP contribution is 2.32. The van der Waals surface area contributed by atoms with E-state index in [0.717, 1.165) is 22.0 Å². The van der Waals surface area contributed by atoms with Crippen molar-refractivity contribution in [3.05, 3.63) is 11.4 Å². The molecule has 0 spiro atoms. The maximum Gasteiger partial charge on any atom is 0.223 e. The van der Waals surface area contributed by atoms with Crippen molar-refractivity contribution in [2.45, 2.75) is 45.1 Å². The summed E-state index contributed by atoms with van der Waals surface area (Å²) in [5.41, 5.74) is 5.80. The van der Waals surface area contributed by atoms with Crippen LogP contribution in [-0.2, 0) is 0 Å². The van der Waals surface area contributed by atoms with E-state index < -0.39 is 0 Å². The van der Waals surface area contributed by atoms with Crippen LogP contribution in [0.2, 0.25) is 0 Å². The van der Waals surface area contributed by atoms with Crippen molar-refractivity contribution in [2.75, 3.05) is 11.1 Å². The van der Waals surface area contributed by atoms with Crippen molar-refractivity contribution in [3.63, 3.8) is 0 Å². The molecule has 0 aromatic carbocycles. The van der Waals surface area contributed by atoms with Gasteiger partial charge in [-0.1, -0.05) is 26.2 Å². The van der Waals surface area contributed by atoms with Gasteiger partial charge in [0.15, 0.2) is 0 Å². The minimum atomic E-state index is 0.362. The molecule has 3 N–H and O–H groups in total. The Morgan fingerprint density at radius 3 is 3.05 bits per heavy atom. The van der Waals surface area contributed by atoms with E-state index in [1.807, 2.05) is 5.38 Å². The largest absolute Gasteiger partial charge is 0.368 e. The lowest BCUT2D eigenvalue weighted by Gasteiger charge is -2.32. The van der Waals surface area contributed by atoms with E-state index in [1.54, 1.807) is 11.3 Å². The summed E-state index contributed by atoms with van der Waals surface area (Å²) in [4.78, 5) is 9.64. The smallest absolute Gasteiger partial charge is 0.223 e. The van der Waals surface area contributed by atoms with E-state index in [9.17, 15) is 0 Å². The molecule has 2 unspecified atom stereocenters. The molecule has 1 saturated carbocycles. The van der Waals surface area contributed by atoms with E-state index in [1.165, 1.54) is 32.1 Å². The first-order chi connectivity index (χ1) is 9.28. The highest BCUT2D eigenvalue weighted by molar-refractivity contribution is 7.16. The van der Waals surface area contributed by atoms with Gasteiger partial charge in [-0.05, 0) is 30.2 Å². The molecule has 4 nitrogen and oxygen atoms in total. The molecule has 2 heterocycles. The van der Waals surface area contributed by atoms with Crippen LogP contribution in [0.15, 0.2) is 11.4 Å². The van der Waals surface area contributed by atoms with Gasteiger partial charge >= 0.3 is 0 Å². The third-order valence-corrected chi connectivity index (χ3v) is 4.90. The summed E-state index contributed by atoms with van der Waals surface area (Å²) < 4.78 is 0. The second kappa shape index (κ2) is 5.33. The normalized spacial score (nSPS) is 23.6. The first kappa shape index (κ1) is 12.7. The zero-order valence-corrected chi connectivity index (χ0v) is 12.0. The minimum absolute atomic E-state index is 0.362. The van der Waals surface area contributed by atoms with E-state index in [2.05, 4.69) is 28.3 Å². The average molecular weight is 276 g/mol. The summed E-state index contributed by atoms with van der Waals surface area (Å²) >= 11 is 1.61. The molecule has 0 radical (unpaired) electrons. The van der Waals surface area contributed by atoms with Crippen molar-refractivity contribution in [1.29, 1.82) is 0 Å². The highest BCUT2D eigenvalue weighted by atomic mass is 32.1. The Morgan fingerprint density at radius 1 is 1.37 bits per heavy atom. The van der Waals surface area contributed by atoms with Gasteiger partial charge in [0.05, 0.1) is 5.39 Å². The average Bonchev–Trinajstić information content (AvgIpc) is 2.87. The van der Waals surface area contributed by atoms with Gasteiger partial charge in [-0.15, -0.1) is 11.3 Å². The molecule has 2 aromatic rings. The van der Waals surface area contributed by atoms with Crippen LogP contribution in [0.1, 0.15) is 39.0 Å². The Bertz CT molecular complexity index is 566. The molecule has 5 heteroatoms. The van der Waals surface area contributed by atoms with Crippen molar-refractivity contribution >= 4 is 33.3 Å². The van der Waals surface area contributed by atoms with Crippen LogP contribution in [0.25, 0.3) is 10.2 Å². The van der Waals surface area contributed by atoms with Crippen molar-refractivity contribution < 1.29 is 0 Å². The summed E-state index contributed by atoms with van der Waals surface area (Å²) in [6, 6.07) is 2.60. The van der Waals surface area contributed by atoms with Crippen LogP contribution >= 0.6 is 11.3 Å². The van der Waals surface area contributed by atoms with Crippen LogP contribution in [0.5, 0.6) is 0 Å². The Hall–Kier alpha value is -1.36. The van der Waals surface area contributed by atoms with E-state index in [-0.39, 0.29) is 0 Å². The predicted molar refractivity (Wildman–Crippen MR) is 81.5 cm³/mol. The van der Waals surface area contributed by atoms with Crippen LogP contribution in [0.3, 0.4) is 0 Å². The Morgan fingerprint density at radius 2 is 2.21 bits per heavy atom. The molecule has 19 heavy (non-hydrogen) atoms. The lowest BCUT2D eigenvalue weighted by atomic mass is 9.83. The Labute approximate surface area is 117 Å². The number of nitrogens with two attached hydrogens (primary N) is 1. The standard InChI is InChI=1S/C14H20N4S/c1-2-9-5-3-4-6-11(9)16-12-10-7-8-19-13(10)18-14(15)17-12/h7-9,11H,2-6H2,1H3,(H3,15,16,17,18). The van der Waals surface area contributed by atoms with Gasteiger partial charge in [-0.3, -0.25) is 0 Å². The fourth-order valence-electron chi connectivity index (χ4n) is 3.04. The second-order valence-corrected chi connectivity index (χ2v) is 6.17. The molecule has 0 bridgehead atoms. The molecule has 1 aliphatic carbocycles. The van der Waals surface area contributed by atoms with Crippen LogP contribution in [0.4, 0.5) is 11.8 Å². The van der Waals surface area contributed by atoms with E-state index >= 15 is 0 Å². The van der Waals surface area contributed by atoms with Crippen molar-refractivity contribution in [2.24, 2.45) is 5.92 Å². The van der Waals surface area contributed by atoms with Gasteiger partial charge in [-0.25, -0.2) is 4.98 Å². The van der Waals surface area contributed by atoms with Gasteiger partial charge in [0, 0.05) is 6.04 Å². The molecule has 0 amide bonds. The molecule has 102 valence electrons. The van der Waals surface area contributed by atoms with Crippen molar-refractivity contribution in [1.82, 2.24) is 9.97 Å². The first-order valence-electron chi connectivity index (χ1n) is 7.05. The SMILES string of the molecule is CCC1CCCCC1Nc1nc(N)nc2sccc12. The lowest BCUT2D eigenvalue weighted by Crippen LogP contribution is -2.32. The van der Waals surface area contributed by atoms with Crippen LogP contribution in [-0.4, -0.2) is 16.0 Å². The number of nitrogens with zero attached hydrogens (tertiary/aromatic N) is 2. The summed E-state index contributed by atoms with van der Waals surface area (Å²) in [7, 11) is 0. The molecule has 2 aromatic heterocycles. The molecular formula is C14H20N4S. The monoisotopic (exact) mass is 276 g/mol. The highest BCUT2D eigenvalue weighted by Gasteiger charge is 2.24. The number of hydrogen-bond donors (Lipinski definition) is 2. The summed E-state index contributed by atoms with van der Waals surface area (Å²) in [6.45, 7) is 2.28. The summed E-state index contributed by atoms with van der Waals surface area (Å²) in [6.07, 6.45) is 6.44. The summed E-state index contributed by atoms with van der Waals surface area (Å²) in [5, 5.41) is 6.77. The van der Waals surface area contributed by atoms with Gasteiger partial charge in [0.1, 0.15) is 10.6 Å². The second-order valence-electron chi connectivity index (χ2n) is 5.27. The predicted octanol–water partition coefficient (Wildman–Crippen LogP) is 3.65. The fourth-order valence-corrected chi connectivity index (χ4v) is 3.81. The Kier molecular flexibility index (Phi) is 3.55. The van der Waals surface area contributed by atoms with Crippen LogP contribution < -0.4 is 11.1 Å². The third kappa shape index (κ3) is 2.52. The number of anilines is 2. The third-order valence-electron chi connectivity index (χ3n) is 4.10.